The number of nitrogens with one attached hydrogen (secondary N) is 2. The van der Waals surface area contributed by atoms with Crippen LogP contribution < -0.4 is 15.4 Å². The van der Waals surface area contributed by atoms with Gasteiger partial charge in [0.15, 0.2) is 0 Å². The number of aromatic nitrogens is 2. The van der Waals surface area contributed by atoms with Crippen molar-refractivity contribution >= 4 is 23.1 Å². The Morgan fingerprint density at radius 1 is 0.657 bits per heavy atom. The van der Waals surface area contributed by atoms with Crippen LogP contribution in [0.1, 0.15) is 27.8 Å². The van der Waals surface area contributed by atoms with Gasteiger partial charge < -0.3 is 15.4 Å². The topological polar surface area (TPSA) is 130 Å². The summed E-state index contributed by atoms with van der Waals surface area (Å²) in [6.45, 7) is 3.74. The summed E-state index contributed by atoms with van der Waals surface area (Å²) in [5.74, 6) is 1.66. The van der Waals surface area contributed by atoms with E-state index in [4.69, 9.17) is 15.3 Å². The van der Waals surface area contributed by atoms with Crippen molar-refractivity contribution < 1.29 is 4.74 Å². The van der Waals surface area contributed by atoms with Crippen LogP contribution in [0.15, 0.2) is 66.7 Å². The molecule has 0 bridgehead atoms. The van der Waals surface area contributed by atoms with Crippen LogP contribution in [0.5, 0.6) is 11.6 Å². The number of hydrogen-bond acceptors (Lipinski definition) is 8. The molecule has 0 saturated heterocycles. The molecule has 0 saturated carbocycles. The van der Waals surface area contributed by atoms with E-state index in [0.29, 0.717) is 39.8 Å². The summed E-state index contributed by atoms with van der Waals surface area (Å²) in [6.07, 6.45) is 0. The van der Waals surface area contributed by atoms with Crippen LogP contribution in [0.25, 0.3) is 0 Å². The van der Waals surface area contributed by atoms with E-state index in [1.165, 1.54) is 0 Å². The molecule has 4 aromatic rings. The molecule has 0 aliphatic heterocycles. The lowest BCUT2D eigenvalue weighted by molar-refractivity contribution is 0.456. The molecular weight excluding hydrogens is 438 g/mol. The van der Waals surface area contributed by atoms with E-state index >= 15 is 0 Å². The summed E-state index contributed by atoms with van der Waals surface area (Å²) in [5.41, 5.74) is 4.72. The van der Waals surface area contributed by atoms with Crippen molar-refractivity contribution in [1.29, 1.82) is 15.8 Å². The van der Waals surface area contributed by atoms with Gasteiger partial charge in [-0.2, -0.15) is 25.8 Å². The number of nitrogens with zero attached hydrogens (tertiary/aromatic N) is 5. The Morgan fingerprint density at radius 3 is 1.69 bits per heavy atom. The van der Waals surface area contributed by atoms with E-state index < -0.39 is 0 Å². The summed E-state index contributed by atoms with van der Waals surface area (Å²) in [7, 11) is 0. The van der Waals surface area contributed by atoms with Gasteiger partial charge in [-0.25, -0.2) is 0 Å². The standard InChI is InChI=1S/C27H19N7O/c1-17-11-21(16-30)12-18(2)26(17)35-25-13-24(31-22-7-3-19(14-28)4-8-22)33-27(34-25)32-23-9-5-20(15-29)6-10-23/h3-13H,1-2H3,(H2,31,32,33,34). The molecule has 1 heterocycles. The fourth-order valence-corrected chi connectivity index (χ4v) is 3.41. The van der Waals surface area contributed by atoms with Crippen molar-refractivity contribution in [1.82, 2.24) is 9.97 Å². The van der Waals surface area contributed by atoms with Crippen LogP contribution in [0.2, 0.25) is 0 Å². The van der Waals surface area contributed by atoms with E-state index in [1.807, 2.05) is 13.8 Å². The molecule has 4 rings (SSSR count). The van der Waals surface area contributed by atoms with Crippen LogP contribution in [-0.2, 0) is 0 Å². The Hall–Kier alpha value is -5.39. The molecular formula is C27H19N7O. The van der Waals surface area contributed by atoms with Crippen molar-refractivity contribution in [3.63, 3.8) is 0 Å². The first kappa shape index (κ1) is 22.8. The number of nitriles is 3. The third-order valence-electron chi connectivity index (χ3n) is 5.06. The molecule has 0 atom stereocenters. The minimum absolute atomic E-state index is 0.285. The minimum Gasteiger partial charge on any atom is -0.438 e. The van der Waals surface area contributed by atoms with E-state index in [2.05, 4.69) is 38.8 Å². The number of hydrogen-bond donors (Lipinski definition) is 2. The summed E-state index contributed by atoms with van der Waals surface area (Å²) < 4.78 is 6.14. The van der Waals surface area contributed by atoms with Crippen LogP contribution in [0, 0.1) is 47.8 Å². The fourth-order valence-electron chi connectivity index (χ4n) is 3.41. The second-order valence-corrected chi connectivity index (χ2v) is 7.70. The molecule has 0 spiro atoms. The van der Waals surface area contributed by atoms with Gasteiger partial charge in [-0.15, -0.1) is 0 Å². The SMILES string of the molecule is Cc1cc(C#N)cc(C)c1Oc1cc(Nc2ccc(C#N)cc2)nc(Nc2ccc(C#N)cc2)n1. The van der Waals surface area contributed by atoms with Crippen molar-refractivity contribution in [3.8, 4) is 29.8 Å². The summed E-state index contributed by atoms with van der Waals surface area (Å²) in [6, 6.07) is 25.4. The molecule has 1 aromatic heterocycles. The number of aryl methyl sites for hydroxylation is 2. The van der Waals surface area contributed by atoms with Crippen molar-refractivity contribution in [2.75, 3.05) is 10.6 Å². The van der Waals surface area contributed by atoms with E-state index in [0.717, 1.165) is 16.8 Å². The fraction of sp³-hybridized carbons (Fsp3) is 0.0741. The third-order valence-corrected chi connectivity index (χ3v) is 5.06. The molecule has 0 amide bonds. The lowest BCUT2D eigenvalue weighted by Crippen LogP contribution is -2.03. The van der Waals surface area contributed by atoms with Gasteiger partial charge in [0.1, 0.15) is 11.6 Å². The highest BCUT2D eigenvalue weighted by Gasteiger charge is 2.12. The van der Waals surface area contributed by atoms with Gasteiger partial charge in [-0.3, -0.25) is 0 Å². The number of ether oxygens (including phenoxy) is 1. The first-order valence-corrected chi connectivity index (χ1v) is 10.6. The first-order valence-electron chi connectivity index (χ1n) is 10.6. The monoisotopic (exact) mass is 457 g/mol. The van der Waals surface area contributed by atoms with Crippen LogP contribution in [0.3, 0.4) is 0 Å². The third kappa shape index (κ3) is 5.51. The highest BCUT2D eigenvalue weighted by molar-refractivity contribution is 5.62. The number of anilines is 4. The van der Waals surface area contributed by atoms with Gasteiger partial charge in [0.2, 0.25) is 11.8 Å². The van der Waals surface area contributed by atoms with E-state index in [1.54, 1.807) is 66.7 Å². The van der Waals surface area contributed by atoms with Gasteiger partial charge in [0.05, 0.1) is 34.9 Å². The predicted molar refractivity (Wildman–Crippen MR) is 132 cm³/mol. The van der Waals surface area contributed by atoms with Gasteiger partial charge in [-0.1, -0.05) is 0 Å². The molecule has 35 heavy (non-hydrogen) atoms. The normalized spacial score (nSPS) is 9.91. The largest absolute Gasteiger partial charge is 0.438 e. The Bertz CT molecular complexity index is 1410. The molecule has 0 radical (unpaired) electrons. The van der Waals surface area contributed by atoms with Gasteiger partial charge in [0, 0.05) is 17.4 Å². The molecule has 8 nitrogen and oxygen atoms in total. The lowest BCUT2D eigenvalue weighted by atomic mass is 10.1. The maximum atomic E-state index is 9.22. The molecule has 168 valence electrons. The molecule has 0 aliphatic carbocycles. The van der Waals surface area contributed by atoms with Crippen LogP contribution >= 0.6 is 0 Å². The maximum absolute atomic E-state index is 9.22. The van der Waals surface area contributed by atoms with Crippen molar-refractivity contribution in [3.05, 3.63) is 94.5 Å². The second kappa shape index (κ2) is 10.0. The Balaban J connectivity index is 1.69. The summed E-state index contributed by atoms with van der Waals surface area (Å²) in [5, 5.41) is 33.6. The smallest absolute Gasteiger partial charge is 0.232 e. The Morgan fingerprint density at radius 2 is 1.17 bits per heavy atom. The average Bonchev–Trinajstić information content (AvgIpc) is 2.87. The van der Waals surface area contributed by atoms with Crippen LogP contribution in [0.4, 0.5) is 23.1 Å². The van der Waals surface area contributed by atoms with Gasteiger partial charge in [-0.05, 0) is 85.6 Å². The maximum Gasteiger partial charge on any atom is 0.232 e. The Labute approximate surface area is 202 Å². The zero-order valence-corrected chi connectivity index (χ0v) is 19.0. The second-order valence-electron chi connectivity index (χ2n) is 7.70. The van der Waals surface area contributed by atoms with E-state index in [-0.39, 0.29) is 5.95 Å². The zero-order chi connectivity index (χ0) is 24.8. The predicted octanol–water partition coefficient (Wildman–Crippen LogP) is 5.99. The number of rotatable bonds is 6. The van der Waals surface area contributed by atoms with Gasteiger partial charge >= 0.3 is 0 Å². The molecule has 0 aliphatic rings. The minimum atomic E-state index is 0.285. The van der Waals surface area contributed by atoms with E-state index in [9.17, 15) is 5.26 Å². The van der Waals surface area contributed by atoms with Crippen LogP contribution in [-0.4, -0.2) is 9.97 Å². The summed E-state index contributed by atoms with van der Waals surface area (Å²) >= 11 is 0. The van der Waals surface area contributed by atoms with Crippen molar-refractivity contribution in [2.24, 2.45) is 0 Å². The lowest BCUT2D eigenvalue weighted by Gasteiger charge is -2.14. The molecule has 0 fully saturated rings. The average molecular weight is 457 g/mol. The Kier molecular flexibility index (Phi) is 6.54. The number of benzene rings is 3. The molecule has 3 aromatic carbocycles. The quantitative estimate of drug-likeness (QED) is 0.361. The highest BCUT2D eigenvalue weighted by Crippen LogP contribution is 2.31. The molecule has 8 heteroatoms. The molecule has 2 N–H and O–H groups in total. The highest BCUT2D eigenvalue weighted by atomic mass is 16.5. The summed E-state index contributed by atoms with van der Waals surface area (Å²) in [4.78, 5) is 9.04. The first-order chi connectivity index (χ1) is 17.0. The van der Waals surface area contributed by atoms with Gasteiger partial charge in [0.25, 0.3) is 0 Å². The van der Waals surface area contributed by atoms with Crippen molar-refractivity contribution in [2.45, 2.75) is 13.8 Å². The molecule has 0 unspecified atom stereocenters. The zero-order valence-electron chi connectivity index (χ0n) is 19.0.